The normalized spacial score (nSPS) is 13.0. The molecule has 2 aromatic rings. The zero-order chi connectivity index (χ0) is 18.4. The van der Waals surface area contributed by atoms with Gasteiger partial charge in [0, 0.05) is 17.2 Å². The fourth-order valence-electron chi connectivity index (χ4n) is 2.25. The van der Waals surface area contributed by atoms with Crippen LogP contribution in [0.25, 0.3) is 0 Å². The number of rotatable bonds is 7. The fourth-order valence-corrected chi connectivity index (χ4v) is 2.25. The number of nitrogens with zero attached hydrogens (tertiary/aromatic N) is 2. The van der Waals surface area contributed by atoms with E-state index < -0.39 is 24.9 Å². The fraction of sp³-hybridized carbons (Fsp3) is 0.312. The predicted molar refractivity (Wildman–Crippen MR) is 86.1 cm³/mol. The summed E-state index contributed by atoms with van der Waals surface area (Å²) >= 11 is 0. The van der Waals surface area contributed by atoms with Crippen molar-refractivity contribution in [3.63, 3.8) is 0 Å². The summed E-state index contributed by atoms with van der Waals surface area (Å²) < 4.78 is 15.6. The molecule has 2 rings (SSSR count). The summed E-state index contributed by atoms with van der Waals surface area (Å²) in [6.45, 7) is -0.488. The van der Waals surface area contributed by atoms with Crippen LogP contribution in [0.15, 0.2) is 30.5 Å². The van der Waals surface area contributed by atoms with E-state index in [1.807, 2.05) is 0 Å². The summed E-state index contributed by atoms with van der Waals surface area (Å²) in [6, 6.07) is 6.38. The largest absolute Gasteiger partial charge is 0.497 e. The molecular weight excluding hydrogens is 330 g/mol. The summed E-state index contributed by atoms with van der Waals surface area (Å²) in [4.78, 5) is 11.4. The highest BCUT2D eigenvalue weighted by Crippen LogP contribution is 2.35. The molecule has 1 aromatic heterocycles. The maximum Gasteiger partial charge on any atom is 0.405 e. The number of hydrogen-bond acceptors (Lipinski definition) is 8. The second-order valence-electron chi connectivity index (χ2n) is 5.04. The van der Waals surface area contributed by atoms with Gasteiger partial charge in [-0.1, -0.05) is 0 Å². The third kappa shape index (κ3) is 4.34. The Kier molecular flexibility index (Phi) is 6.09. The van der Waals surface area contributed by atoms with Crippen molar-refractivity contribution < 1.29 is 29.2 Å². The molecule has 9 heteroatoms. The standard InChI is InChI=1S/C16H19N3O6/c1-23-10-3-4-11(14(6-10)24-2)15(25-16(17)22)12-5-9(7-18-19-12)13(21)8-20/h3-7,13,15,20-21H,8H2,1-2H3,(H2,17,22). The lowest BCUT2D eigenvalue weighted by molar-refractivity contribution is 0.0944. The van der Waals surface area contributed by atoms with E-state index in [2.05, 4.69) is 10.2 Å². The summed E-state index contributed by atoms with van der Waals surface area (Å²) in [5.41, 5.74) is 6.17. The van der Waals surface area contributed by atoms with E-state index in [1.54, 1.807) is 18.2 Å². The van der Waals surface area contributed by atoms with Crippen molar-refractivity contribution in [2.45, 2.75) is 12.2 Å². The van der Waals surface area contributed by atoms with E-state index in [0.717, 1.165) is 0 Å². The van der Waals surface area contributed by atoms with Crippen molar-refractivity contribution in [3.05, 3.63) is 47.3 Å². The third-order valence-electron chi connectivity index (χ3n) is 3.48. The Morgan fingerprint density at radius 3 is 2.64 bits per heavy atom. The van der Waals surface area contributed by atoms with E-state index >= 15 is 0 Å². The second kappa shape index (κ2) is 8.27. The first-order valence-electron chi connectivity index (χ1n) is 7.29. The lowest BCUT2D eigenvalue weighted by Crippen LogP contribution is -2.20. The number of aliphatic hydroxyl groups excluding tert-OH is 2. The number of benzene rings is 1. The van der Waals surface area contributed by atoms with E-state index in [9.17, 15) is 9.90 Å². The number of hydrogen-bond donors (Lipinski definition) is 3. The first-order valence-corrected chi connectivity index (χ1v) is 7.29. The van der Waals surface area contributed by atoms with E-state index in [0.29, 0.717) is 22.6 Å². The Morgan fingerprint density at radius 1 is 1.28 bits per heavy atom. The van der Waals surface area contributed by atoms with Crippen LogP contribution in [-0.4, -0.2) is 47.3 Å². The van der Waals surface area contributed by atoms with E-state index in [1.165, 1.54) is 26.5 Å². The first kappa shape index (κ1) is 18.4. The number of nitrogens with two attached hydrogens (primary N) is 1. The van der Waals surface area contributed by atoms with Crippen molar-refractivity contribution in [1.29, 1.82) is 0 Å². The Morgan fingerprint density at radius 2 is 2.04 bits per heavy atom. The van der Waals surface area contributed by atoms with Crippen LogP contribution in [0.4, 0.5) is 4.79 Å². The molecule has 2 atom stereocenters. The van der Waals surface area contributed by atoms with Crippen molar-refractivity contribution in [2.75, 3.05) is 20.8 Å². The van der Waals surface area contributed by atoms with Gasteiger partial charge in [-0.25, -0.2) is 4.79 Å². The number of aromatic nitrogens is 2. The molecule has 4 N–H and O–H groups in total. The quantitative estimate of drug-likeness (QED) is 0.664. The Balaban J connectivity index is 2.52. The molecule has 2 unspecified atom stereocenters. The maximum absolute atomic E-state index is 11.4. The van der Waals surface area contributed by atoms with Gasteiger partial charge in [0.15, 0.2) is 6.10 Å². The Labute approximate surface area is 144 Å². The van der Waals surface area contributed by atoms with Crippen LogP contribution in [0.1, 0.15) is 29.0 Å². The second-order valence-corrected chi connectivity index (χ2v) is 5.04. The van der Waals surface area contributed by atoms with Crippen molar-refractivity contribution in [3.8, 4) is 11.5 Å². The number of primary amides is 1. The molecule has 0 aliphatic rings. The van der Waals surface area contributed by atoms with Gasteiger partial charge in [-0.3, -0.25) is 0 Å². The number of carbonyl (C=O) groups excluding carboxylic acids is 1. The third-order valence-corrected chi connectivity index (χ3v) is 3.48. The molecule has 0 saturated heterocycles. The average Bonchev–Trinajstić information content (AvgIpc) is 2.64. The molecule has 0 aliphatic heterocycles. The molecule has 0 aliphatic carbocycles. The van der Waals surface area contributed by atoms with Gasteiger partial charge in [0.2, 0.25) is 0 Å². The molecule has 0 bridgehead atoms. The minimum atomic E-state index is -1.14. The highest BCUT2D eigenvalue weighted by atomic mass is 16.6. The molecule has 25 heavy (non-hydrogen) atoms. The van der Waals surface area contributed by atoms with Crippen LogP contribution in [0, 0.1) is 0 Å². The van der Waals surface area contributed by atoms with Gasteiger partial charge < -0.3 is 30.2 Å². The van der Waals surface area contributed by atoms with Crippen molar-refractivity contribution in [1.82, 2.24) is 10.2 Å². The molecule has 0 fully saturated rings. The molecule has 0 radical (unpaired) electrons. The molecule has 1 heterocycles. The van der Waals surface area contributed by atoms with Crippen LogP contribution < -0.4 is 15.2 Å². The summed E-state index contributed by atoms with van der Waals surface area (Å²) in [5, 5.41) is 26.6. The summed E-state index contributed by atoms with van der Waals surface area (Å²) in [6.07, 6.45) is -1.87. The van der Waals surface area contributed by atoms with Gasteiger partial charge >= 0.3 is 6.09 Å². The number of ether oxygens (including phenoxy) is 3. The predicted octanol–water partition coefficient (Wildman–Crippen LogP) is 0.704. The lowest BCUT2D eigenvalue weighted by Gasteiger charge is -2.20. The van der Waals surface area contributed by atoms with Crippen LogP contribution in [0.2, 0.25) is 0 Å². The SMILES string of the molecule is COc1ccc(C(OC(N)=O)c2cc(C(O)CO)cnn2)c(OC)c1. The molecule has 0 saturated carbocycles. The maximum atomic E-state index is 11.4. The van der Waals surface area contributed by atoms with Gasteiger partial charge in [0.1, 0.15) is 23.3 Å². The van der Waals surface area contributed by atoms with Crippen LogP contribution >= 0.6 is 0 Å². The number of amides is 1. The van der Waals surface area contributed by atoms with Gasteiger partial charge in [0.05, 0.1) is 27.0 Å². The molecule has 134 valence electrons. The topological polar surface area (TPSA) is 137 Å². The molecule has 9 nitrogen and oxygen atoms in total. The molecule has 1 amide bonds. The highest BCUT2D eigenvalue weighted by Gasteiger charge is 2.25. The highest BCUT2D eigenvalue weighted by molar-refractivity contribution is 5.65. The zero-order valence-corrected chi connectivity index (χ0v) is 13.7. The number of carbonyl (C=O) groups is 1. The van der Waals surface area contributed by atoms with Gasteiger partial charge in [-0.15, -0.1) is 0 Å². The van der Waals surface area contributed by atoms with Crippen LogP contribution in [0.3, 0.4) is 0 Å². The van der Waals surface area contributed by atoms with Crippen molar-refractivity contribution in [2.24, 2.45) is 5.73 Å². The van der Waals surface area contributed by atoms with Gasteiger partial charge in [0.25, 0.3) is 0 Å². The van der Waals surface area contributed by atoms with Crippen LogP contribution in [0.5, 0.6) is 11.5 Å². The summed E-state index contributed by atoms with van der Waals surface area (Å²) in [7, 11) is 2.97. The Bertz CT molecular complexity index is 740. The van der Waals surface area contributed by atoms with Gasteiger partial charge in [-0.2, -0.15) is 10.2 Å². The zero-order valence-electron chi connectivity index (χ0n) is 13.7. The minimum absolute atomic E-state index is 0.215. The molecule has 1 aromatic carbocycles. The minimum Gasteiger partial charge on any atom is -0.497 e. The molecular formula is C16H19N3O6. The smallest absolute Gasteiger partial charge is 0.405 e. The van der Waals surface area contributed by atoms with Crippen LogP contribution in [-0.2, 0) is 4.74 Å². The summed E-state index contributed by atoms with van der Waals surface area (Å²) in [5.74, 6) is 0.939. The van der Waals surface area contributed by atoms with Gasteiger partial charge in [-0.05, 0) is 18.2 Å². The van der Waals surface area contributed by atoms with E-state index in [4.69, 9.17) is 25.1 Å². The average molecular weight is 349 g/mol. The molecule has 0 spiro atoms. The first-order chi connectivity index (χ1) is 12.0. The van der Waals surface area contributed by atoms with E-state index in [-0.39, 0.29) is 5.69 Å². The number of methoxy groups -OCH3 is 2. The Hall–Kier alpha value is -2.91. The number of aliphatic hydroxyl groups is 2. The lowest BCUT2D eigenvalue weighted by atomic mass is 10.0. The monoisotopic (exact) mass is 349 g/mol. The van der Waals surface area contributed by atoms with Crippen molar-refractivity contribution >= 4 is 6.09 Å².